The summed E-state index contributed by atoms with van der Waals surface area (Å²) in [5.74, 6) is -3.04. The summed E-state index contributed by atoms with van der Waals surface area (Å²) in [4.78, 5) is 90.6. The summed E-state index contributed by atoms with van der Waals surface area (Å²) >= 11 is 0. The van der Waals surface area contributed by atoms with Crippen molar-refractivity contribution >= 4 is 41.7 Å². The number of hydrogen-bond acceptors (Lipinski definition) is 14. The van der Waals surface area contributed by atoms with Gasteiger partial charge in [-0.2, -0.15) is 0 Å². The summed E-state index contributed by atoms with van der Waals surface area (Å²) in [5.41, 5.74) is 3.30. The van der Waals surface area contributed by atoms with Crippen LogP contribution in [0.25, 0.3) is 0 Å². The molecule has 0 radical (unpaired) electrons. The van der Waals surface area contributed by atoms with Crippen molar-refractivity contribution in [2.24, 2.45) is 0 Å². The molecule has 0 N–H and O–H groups in total. The third kappa shape index (κ3) is 10.5. The molecule has 0 spiro atoms. The Labute approximate surface area is 290 Å². The van der Waals surface area contributed by atoms with E-state index in [-0.39, 0.29) is 46.7 Å². The minimum absolute atomic E-state index is 0. The van der Waals surface area contributed by atoms with E-state index >= 15 is 0 Å². The highest BCUT2D eigenvalue weighted by Gasteiger charge is 2.36. The Kier molecular flexibility index (Phi) is 14.4. The van der Waals surface area contributed by atoms with Crippen molar-refractivity contribution in [3.05, 3.63) is 81.4 Å². The van der Waals surface area contributed by atoms with Crippen LogP contribution in [0, 0.1) is 13.8 Å². The lowest BCUT2D eigenvalue weighted by Crippen LogP contribution is -2.30. The SMILES string of the molecule is C.CC(=O)OCc1cnc(C)c(OC(C)=O)c1CN1C(=O)c2ccccc2C1=O.CC(=O)OCc1cnc(C)c(OC(C)=O)c1COC(C)=O.[2HH]. The first-order valence-corrected chi connectivity index (χ1v) is 14.8. The molecule has 3 heterocycles. The average Bonchev–Trinajstić information content (AvgIpc) is 3.26. The molecule has 1 aromatic carbocycles. The third-order valence-corrected chi connectivity index (χ3v) is 6.78. The van der Waals surface area contributed by atoms with E-state index < -0.39 is 41.7 Å². The molecule has 268 valence electrons. The highest BCUT2D eigenvalue weighted by Crippen LogP contribution is 2.32. The van der Waals surface area contributed by atoms with E-state index in [4.69, 9.17) is 23.7 Å². The summed E-state index contributed by atoms with van der Waals surface area (Å²) in [6, 6.07) is 6.53. The number of carbonyl (C=O) groups excluding carboxylic acids is 7. The molecule has 2 amide bonds. The predicted molar refractivity (Wildman–Crippen MR) is 176 cm³/mol. The third-order valence-electron chi connectivity index (χ3n) is 6.78. The first-order valence-electron chi connectivity index (χ1n) is 14.8. The van der Waals surface area contributed by atoms with Crippen molar-refractivity contribution < 1.29 is 58.7 Å². The molecule has 1 aliphatic heterocycles. The minimum atomic E-state index is -0.571. The first kappa shape index (κ1) is 40.2. The number of carbonyl (C=O) groups is 7. The fourth-order valence-corrected chi connectivity index (χ4v) is 4.56. The predicted octanol–water partition coefficient (Wildman–Crippen LogP) is 4.50. The van der Waals surface area contributed by atoms with Gasteiger partial charge in [0.1, 0.15) is 19.8 Å². The fraction of sp³-hybridized carbons (Fsp3) is 0.343. The van der Waals surface area contributed by atoms with E-state index in [2.05, 4.69) is 9.97 Å². The Hall–Kier alpha value is -5.99. The Morgan fingerprint density at radius 1 is 0.620 bits per heavy atom. The zero-order valence-corrected chi connectivity index (χ0v) is 28.0. The van der Waals surface area contributed by atoms with Crippen LogP contribution >= 0.6 is 0 Å². The van der Waals surface area contributed by atoms with Gasteiger partial charge in [0.05, 0.1) is 29.1 Å². The van der Waals surface area contributed by atoms with E-state index in [9.17, 15) is 33.6 Å². The van der Waals surface area contributed by atoms with E-state index in [0.29, 0.717) is 44.8 Å². The van der Waals surface area contributed by atoms with Crippen LogP contribution in [0.1, 0.15) is 97.8 Å². The molecular formula is C35H41N3O12. The van der Waals surface area contributed by atoms with Gasteiger partial charge >= 0.3 is 29.8 Å². The maximum absolute atomic E-state index is 12.7. The molecule has 0 aliphatic carbocycles. The normalized spacial score (nSPS) is 11.3. The number of amides is 2. The van der Waals surface area contributed by atoms with Gasteiger partial charge in [-0.15, -0.1) is 0 Å². The van der Waals surface area contributed by atoms with Crippen molar-refractivity contribution in [1.82, 2.24) is 14.9 Å². The van der Waals surface area contributed by atoms with Crippen LogP contribution in [0.4, 0.5) is 0 Å². The van der Waals surface area contributed by atoms with Crippen molar-refractivity contribution in [2.45, 2.75) is 82.3 Å². The first-order chi connectivity index (χ1) is 23.1. The van der Waals surface area contributed by atoms with Gasteiger partial charge < -0.3 is 23.7 Å². The molecule has 4 rings (SSSR count). The summed E-state index contributed by atoms with van der Waals surface area (Å²) < 4.78 is 25.3. The Morgan fingerprint density at radius 3 is 1.40 bits per heavy atom. The second-order valence-corrected chi connectivity index (χ2v) is 10.6. The van der Waals surface area contributed by atoms with Crippen LogP contribution in [-0.2, 0) is 64.5 Å². The van der Waals surface area contributed by atoms with Gasteiger partial charge in [0.25, 0.3) is 11.8 Å². The fourth-order valence-electron chi connectivity index (χ4n) is 4.56. The zero-order valence-electron chi connectivity index (χ0n) is 28.0. The number of aromatic nitrogens is 2. The lowest BCUT2D eigenvalue weighted by Gasteiger charge is -2.20. The monoisotopic (exact) mass is 696 g/mol. The summed E-state index contributed by atoms with van der Waals surface area (Å²) in [6.45, 7) is 9.18. The second-order valence-electron chi connectivity index (χ2n) is 10.6. The van der Waals surface area contributed by atoms with Crippen LogP contribution in [0.15, 0.2) is 36.7 Å². The highest BCUT2D eigenvalue weighted by atomic mass is 16.6. The van der Waals surface area contributed by atoms with Crippen molar-refractivity contribution in [1.29, 1.82) is 0 Å². The highest BCUT2D eigenvalue weighted by molar-refractivity contribution is 6.21. The maximum atomic E-state index is 12.7. The number of rotatable bonds is 10. The van der Waals surface area contributed by atoms with Gasteiger partial charge in [0, 0.05) is 70.7 Å². The smallest absolute Gasteiger partial charge is 0.308 e. The topological polar surface area (TPSA) is 195 Å². The number of imide groups is 1. The Balaban J connectivity index is 0.000000511. The van der Waals surface area contributed by atoms with Crippen molar-refractivity contribution in [2.75, 3.05) is 0 Å². The molecule has 0 fully saturated rings. The second kappa shape index (κ2) is 18.0. The number of pyridine rings is 2. The minimum Gasteiger partial charge on any atom is -0.461 e. The summed E-state index contributed by atoms with van der Waals surface area (Å²) in [6.07, 6.45) is 2.96. The summed E-state index contributed by atoms with van der Waals surface area (Å²) in [5, 5.41) is 0. The number of fused-ring (bicyclic) bond motifs is 1. The van der Waals surface area contributed by atoms with Crippen LogP contribution in [0.2, 0.25) is 0 Å². The molecule has 0 saturated carbocycles. The molecule has 15 heteroatoms. The largest absolute Gasteiger partial charge is 0.461 e. The summed E-state index contributed by atoms with van der Waals surface area (Å²) in [7, 11) is 0. The molecule has 1 aliphatic rings. The standard InChI is InChI=1S/C20H18N2O6.C14H17NO6.CH4.H2/c1-11-18(28-13(3)24)17(14(8-21-11)10-27-12(2)23)9-22-19(25)15-6-4-5-7-16(15)20(22)26;1-8-14(21-11(4)18)13(7-20-10(3)17)12(5-15-8)6-19-9(2)16;;/h4-8H,9-10H2,1-3H3;5H,6-7H2,1-4H3;1H4;1H/i;;;1+1. The quantitative estimate of drug-likeness (QED) is 0.163. The van der Waals surface area contributed by atoms with Gasteiger partial charge in [-0.05, 0) is 26.0 Å². The van der Waals surface area contributed by atoms with Crippen molar-refractivity contribution in [3.63, 3.8) is 0 Å². The molecule has 50 heavy (non-hydrogen) atoms. The van der Waals surface area contributed by atoms with Gasteiger partial charge in [0.15, 0.2) is 11.5 Å². The lowest BCUT2D eigenvalue weighted by molar-refractivity contribution is -0.144. The number of nitrogens with zero attached hydrogens (tertiary/aromatic N) is 3. The number of hydrogen-bond donors (Lipinski definition) is 0. The number of esters is 5. The van der Waals surface area contributed by atoms with Gasteiger partial charge in [-0.25, -0.2) is 0 Å². The zero-order chi connectivity index (χ0) is 36.4. The van der Waals surface area contributed by atoms with Gasteiger partial charge in [0.2, 0.25) is 0 Å². The Morgan fingerprint density at radius 2 is 1.00 bits per heavy atom. The number of benzene rings is 1. The van der Waals surface area contributed by atoms with E-state index in [0.717, 1.165) is 4.90 Å². The van der Waals surface area contributed by atoms with Crippen LogP contribution in [-0.4, -0.2) is 56.5 Å². The van der Waals surface area contributed by atoms with Crippen LogP contribution < -0.4 is 9.47 Å². The molecule has 2 aromatic heterocycles. The van der Waals surface area contributed by atoms with Gasteiger partial charge in [-0.1, -0.05) is 19.6 Å². The van der Waals surface area contributed by atoms with Gasteiger partial charge in [-0.3, -0.25) is 48.4 Å². The Bertz CT molecular complexity index is 1790. The number of ether oxygens (including phenoxy) is 5. The number of aryl methyl sites for hydroxylation is 2. The van der Waals surface area contributed by atoms with Crippen molar-refractivity contribution in [3.8, 4) is 11.5 Å². The molecule has 3 aromatic rings. The molecule has 0 saturated heterocycles. The van der Waals surface area contributed by atoms with E-state index in [1.807, 2.05) is 0 Å². The molecule has 0 atom stereocenters. The maximum Gasteiger partial charge on any atom is 0.308 e. The molecule has 15 nitrogen and oxygen atoms in total. The lowest BCUT2D eigenvalue weighted by atomic mass is 10.1. The van der Waals surface area contributed by atoms with E-state index in [1.54, 1.807) is 38.1 Å². The van der Waals surface area contributed by atoms with Crippen LogP contribution in [0.5, 0.6) is 11.5 Å². The average molecular weight is 697 g/mol. The molecule has 0 bridgehead atoms. The van der Waals surface area contributed by atoms with Crippen LogP contribution in [0.3, 0.4) is 0 Å². The molecule has 0 unspecified atom stereocenters. The van der Waals surface area contributed by atoms with E-state index in [1.165, 1.54) is 47.0 Å². The molecular weight excluding hydrogens is 654 g/mol.